The summed E-state index contributed by atoms with van der Waals surface area (Å²) in [6.45, 7) is 3.42. The summed E-state index contributed by atoms with van der Waals surface area (Å²) in [7, 11) is 0. The standard InChI is InChI=1S/C17H26N4O2/c1-13-6-7-14(12-21-13)8-9-19-17(23)20-11-10-18-16(22)15-4-2-3-5-15/h6-7,12,15H,2-5,8-11H2,1H3,(H,18,22)(H2,19,20,23). The molecule has 0 radical (unpaired) electrons. The fraction of sp³-hybridized carbons (Fsp3) is 0.588. The maximum Gasteiger partial charge on any atom is 0.314 e. The summed E-state index contributed by atoms with van der Waals surface area (Å²) in [5, 5.41) is 8.42. The zero-order chi connectivity index (χ0) is 16.5. The number of rotatable bonds is 7. The fourth-order valence-electron chi connectivity index (χ4n) is 2.72. The maximum atomic E-state index is 11.8. The minimum absolute atomic E-state index is 0.122. The molecule has 23 heavy (non-hydrogen) atoms. The Morgan fingerprint density at radius 1 is 1.09 bits per heavy atom. The smallest absolute Gasteiger partial charge is 0.314 e. The first-order chi connectivity index (χ1) is 11.1. The van der Waals surface area contributed by atoms with Crippen LogP contribution in [-0.2, 0) is 11.2 Å². The maximum absolute atomic E-state index is 11.8. The van der Waals surface area contributed by atoms with E-state index in [1.807, 2.05) is 25.3 Å². The molecule has 6 heteroatoms. The van der Waals surface area contributed by atoms with Crippen molar-refractivity contribution in [3.63, 3.8) is 0 Å². The van der Waals surface area contributed by atoms with Crippen LogP contribution < -0.4 is 16.0 Å². The van der Waals surface area contributed by atoms with Gasteiger partial charge in [-0.3, -0.25) is 9.78 Å². The van der Waals surface area contributed by atoms with Crippen LogP contribution in [0.3, 0.4) is 0 Å². The summed E-state index contributed by atoms with van der Waals surface area (Å²) >= 11 is 0. The molecule has 0 aliphatic heterocycles. The molecule has 1 aromatic rings. The molecule has 3 amide bonds. The quantitative estimate of drug-likeness (QED) is 0.667. The highest BCUT2D eigenvalue weighted by Gasteiger charge is 2.21. The number of aryl methyl sites for hydroxylation is 1. The number of aromatic nitrogens is 1. The molecular weight excluding hydrogens is 292 g/mol. The largest absolute Gasteiger partial charge is 0.354 e. The van der Waals surface area contributed by atoms with Gasteiger partial charge in [0, 0.05) is 37.4 Å². The first kappa shape index (κ1) is 17.2. The third-order valence-corrected chi connectivity index (χ3v) is 4.11. The van der Waals surface area contributed by atoms with Gasteiger partial charge < -0.3 is 16.0 Å². The molecule has 1 heterocycles. The van der Waals surface area contributed by atoms with Crippen molar-refractivity contribution in [2.45, 2.75) is 39.0 Å². The van der Waals surface area contributed by atoms with Crippen LogP contribution in [0.4, 0.5) is 4.79 Å². The molecule has 1 aliphatic carbocycles. The highest BCUT2D eigenvalue weighted by atomic mass is 16.2. The molecule has 0 unspecified atom stereocenters. The van der Waals surface area contributed by atoms with Crippen LogP contribution in [0.15, 0.2) is 18.3 Å². The van der Waals surface area contributed by atoms with Crippen molar-refractivity contribution >= 4 is 11.9 Å². The van der Waals surface area contributed by atoms with Gasteiger partial charge in [0.15, 0.2) is 0 Å². The molecule has 1 fully saturated rings. The minimum Gasteiger partial charge on any atom is -0.354 e. The number of carbonyl (C=O) groups is 2. The number of nitrogens with one attached hydrogen (secondary N) is 3. The Kier molecular flexibility index (Phi) is 6.84. The third-order valence-electron chi connectivity index (χ3n) is 4.11. The average molecular weight is 318 g/mol. The average Bonchev–Trinajstić information content (AvgIpc) is 3.08. The number of carbonyl (C=O) groups excluding carboxylic acids is 2. The van der Waals surface area contributed by atoms with Crippen molar-refractivity contribution < 1.29 is 9.59 Å². The lowest BCUT2D eigenvalue weighted by Gasteiger charge is -2.11. The first-order valence-electron chi connectivity index (χ1n) is 8.36. The summed E-state index contributed by atoms with van der Waals surface area (Å²) in [4.78, 5) is 27.7. The van der Waals surface area contributed by atoms with Crippen molar-refractivity contribution in [2.75, 3.05) is 19.6 Å². The summed E-state index contributed by atoms with van der Waals surface area (Å²) < 4.78 is 0. The van der Waals surface area contributed by atoms with E-state index < -0.39 is 0 Å². The van der Waals surface area contributed by atoms with Crippen LogP contribution in [0.25, 0.3) is 0 Å². The predicted molar refractivity (Wildman–Crippen MR) is 89.0 cm³/mol. The van der Waals surface area contributed by atoms with E-state index in [0.717, 1.165) is 43.4 Å². The highest BCUT2D eigenvalue weighted by Crippen LogP contribution is 2.24. The van der Waals surface area contributed by atoms with Crippen LogP contribution in [0.1, 0.15) is 36.9 Å². The topological polar surface area (TPSA) is 83.1 Å². The summed E-state index contributed by atoms with van der Waals surface area (Å²) in [5.74, 6) is 0.295. The third kappa shape index (κ3) is 6.26. The van der Waals surface area contributed by atoms with E-state index in [0.29, 0.717) is 19.6 Å². The van der Waals surface area contributed by atoms with E-state index in [2.05, 4.69) is 20.9 Å². The Labute approximate surface area is 137 Å². The van der Waals surface area contributed by atoms with E-state index in [1.54, 1.807) is 0 Å². The lowest BCUT2D eigenvalue weighted by atomic mass is 10.1. The zero-order valence-corrected chi connectivity index (χ0v) is 13.7. The van der Waals surface area contributed by atoms with Gasteiger partial charge in [-0.2, -0.15) is 0 Å². The zero-order valence-electron chi connectivity index (χ0n) is 13.7. The van der Waals surface area contributed by atoms with Gasteiger partial charge in [-0.1, -0.05) is 18.9 Å². The Balaban J connectivity index is 1.51. The molecule has 1 aromatic heterocycles. The molecule has 0 saturated heterocycles. The Hall–Kier alpha value is -2.11. The van der Waals surface area contributed by atoms with Gasteiger partial charge in [-0.25, -0.2) is 4.79 Å². The number of nitrogens with zero attached hydrogens (tertiary/aromatic N) is 1. The molecule has 3 N–H and O–H groups in total. The van der Waals surface area contributed by atoms with E-state index in [4.69, 9.17) is 0 Å². The Morgan fingerprint density at radius 2 is 1.78 bits per heavy atom. The van der Waals surface area contributed by atoms with Crippen molar-refractivity contribution in [1.29, 1.82) is 0 Å². The fourth-order valence-corrected chi connectivity index (χ4v) is 2.72. The molecule has 126 valence electrons. The van der Waals surface area contributed by atoms with Gasteiger partial charge in [0.05, 0.1) is 0 Å². The molecule has 6 nitrogen and oxygen atoms in total. The second-order valence-corrected chi connectivity index (χ2v) is 6.01. The van der Waals surface area contributed by atoms with Crippen LogP contribution in [0.2, 0.25) is 0 Å². The molecule has 1 aliphatic rings. The minimum atomic E-state index is -0.208. The van der Waals surface area contributed by atoms with Gasteiger partial charge in [-0.15, -0.1) is 0 Å². The number of urea groups is 1. The van der Waals surface area contributed by atoms with Crippen LogP contribution in [0, 0.1) is 12.8 Å². The van der Waals surface area contributed by atoms with Crippen molar-refractivity contribution in [3.8, 4) is 0 Å². The van der Waals surface area contributed by atoms with Crippen LogP contribution >= 0.6 is 0 Å². The monoisotopic (exact) mass is 318 g/mol. The normalized spacial score (nSPS) is 14.5. The Bertz CT molecular complexity index is 510. The molecule has 2 rings (SSSR count). The van der Waals surface area contributed by atoms with Crippen molar-refractivity contribution in [1.82, 2.24) is 20.9 Å². The van der Waals surface area contributed by atoms with Crippen molar-refractivity contribution in [3.05, 3.63) is 29.6 Å². The molecule has 0 atom stereocenters. The lowest BCUT2D eigenvalue weighted by molar-refractivity contribution is -0.124. The van der Waals surface area contributed by atoms with Crippen LogP contribution in [0.5, 0.6) is 0 Å². The molecule has 0 spiro atoms. The van der Waals surface area contributed by atoms with Gasteiger partial charge in [-0.05, 0) is 37.8 Å². The molecule has 1 saturated carbocycles. The summed E-state index contributed by atoms with van der Waals surface area (Å²) in [5.41, 5.74) is 2.08. The second-order valence-electron chi connectivity index (χ2n) is 6.01. The van der Waals surface area contributed by atoms with Gasteiger partial charge in [0.25, 0.3) is 0 Å². The number of amides is 3. The number of hydrogen-bond acceptors (Lipinski definition) is 3. The van der Waals surface area contributed by atoms with E-state index in [-0.39, 0.29) is 17.9 Å². The Morgan fingerprint density at radius 3 is 2.48 bits per heavy atom. The highest BCUT2D eigenvalue weighted by molar-refractivity contribution is 5.79. The number of hydrogen-bond donors (Lipinski definition) is 3. The van der Waals surface area contributed by atoms with E-state index >= 15 is 0 Å². The molecule has 0 aromatic carbocycles. The van der Waals surface area contributed by atoms with Gasteiger partial charge in [0.1, 0.15) is 0 Å². The first-order valence-corrected chi connectivity index (χ1v) is 8.36. The SMILES string of the molecule is Cc1ccc(CCNC(=O)NCCNC(=O)C2CCCC2)cn1. The lowest BCUT2D eigenvalue weighted by Crippen LogP contribution is -2.41. The van der Waals surface area contributed by atoms with E-state index in [1.165, 1.54) is 0 Å². The predicted octanol–water partition coefficient (Wildman–Crippen LogP) is 1.54. The molecular formula is C17H26N4O2. The summed E-state index contributed by atoms with van der Waals surface area (Å²) in [6.07, 6.45) is 6.86. The summed E-state index contributed by atoms with van der Waals surface area (Å²) in [6, 6.07) is 3.77. The second kappa shape index (κ2) is 9.12. The van der Waals surface area contributed by atoms with Gasteiger partial charge >= 0.3 is 6.03 Å². The van der Waals surface area contributed by atoms with Crippen LogP contribution in [-0.4, -0.2) is 36.6 Å². The molecule has 0 bridgehead atoms. The van der Waals surface area contributed by atoms with Crippen molar-refractivity contribution in [2.24, 2.45) is 5.92 Å². The van der Waals surface area contributed by atoms with Gasteiger partial charge in [0.2, 0.25) is 5.91 Å². The van der Waals surface area contributed by atoms with E-state index in [9.17, 15) is 9.59 Å². The number of pyridine rings is 1.